The smallest absolute Gasteiger partial charge is 0.387 e. The molecule has 0 spiro atoms. The highest BCUT2D eigenvalue weighted by molar-refractivity contribution is 6.02. The number of para-hydroxylation sites is 1. The van der Waals surface area contributed by atoms with Crippen LogP contribution in [-0.2, 0) is 4.79 Å². The highest BCUT2D eigenvalue weighted by Gasteiger charge is 2.23. The van der Waals surface area contributed by atoms with Gasteiger partial charge in [-0.1, -0.05) is 18.2 Å². The maximum atomic E-state index is 12.4. The molecule has 0 saturated heterocycles. The molecule has 3 N–H and O–H groups in total. The van der Waals surface area contributed by atoms with E-state index in [-0.39, 0.29) is 17.8 Å². The zero-order valence-electron chi connectivity index (χ0n) is 14.8. The molecule has 28 heavy (non-hydrogen) atoms. The number of nitrogens with one attached hydrogen (secondary N) is 3. The average molecular weight is 387 g/mol. The minimum absolute atomic E-state index is 0.0125. The second-order valence-corrected chi connectivity index (χ2v) is 6.19. The quantitative estimate of drug-likeness (QED) is 0.622. The summed E-state index contributed by atoms with van der Waals surface area (Å²) in [5.41, 5.74) is 1.49. The molecule has 0 aromatic heterocycles. The number of hydrogen-bond acceptors (Lipinski definition) is 3. The number of hydrogen-bond donors (Lipinski definition) is 3. The molecular formula is C20H19F2N3O3. The van der Waals surface area contributed by atoms with Crippen molar-refractivity contribution < 1.29 is 23.1 Å². The van der Waals surface area contributed by atoms with E-state index in [1.165, 1.54) is 18.2 Å². The Balaban J connectivity index is 1.54. The third kappa shape index (κ3) is 6.08. The maximum Gasteiger partial charge on any atom is 0.387 e. The summed E-state index contributed by atoms with van der Waals surface area (Å²) in [7, 11) is 0. The Morgan fingerprint density at radius 1 is 1.00 bits per heavy atom. The van der Waals surface area contributed by atoms with Crippen molar-refractivity contribution in [3.63, 3.8) is 0 Å². The van der Waals surface area contributed by atoms with Crippen molar-refractivity contribution in [2.75, 3.05) is 10.6 Å². The van der Waals surface area contributed by atoms with E-state index in [1.807, 2.05) is 0 Å². The van der Waals surface area contributed by atoms with Gasteiger partial charge in [0.25, 0.3) is 0 Å². The SMILES string of the molecule is O=C(/C=C/c1ccccc1OC(F)F)Nc1ccc(NC(=O)NC2CC2)cc1. The van der Waals surface area contributed by atoms with Crippen LogP contribution in [0.5, 0.6) is 5.75 Å². The first-order valence-corrected chi connectivity index (χ1v) is 8.70. The highest BCUT2D eigenvalue weighted by atomic mass is 19.3. The van der Waals surface area contributed by atoms with Gasteiger partial charge < -0.3 is 20.7 Å². The van der Waals surface area contributed by atoms with E-state index < -0.39 is 12.5 Å². The Bertz CT molecular complexity index is 865. The molecule has 0 bridgehead atoms. The van der Waals surface area contributed by atoms with E-state index in [0.717, 1.165) is 12.8 Å². The van der Waals surface area contributed by atoms with Gasteiger partial charge >= 0.3 is 12.6 Å². The van der Waals surface area contributed by atoms with Crippen LogP contribution in [0.3, 0.4) is 0 Å². The zero-order valence-corrected chi connectivity index (χ0v) is 14.8. The molecule has 1 aliphatic carbocycles. The molecule has 0 atom stereocenters. The Hall–Kier alpha value is -3.42. The van der Waals surface area contributed by atoms with Crippen molar-refractivity contribution in [1.82, 2.24) is 5.32 Å². The van der Waals surface area contributed by atoms with Gasteiger partial charge in [0.05, 0.1) is 0 Å². The van der Waals surface area contributed by atoms with Crippen LogP contribution in [0.1, 0.15) is 18.4 Å². The second kappa shape index (κ2) is 8.98. The summed E-state index contributed by atoms with van der Waals surface area (Å²) < 4.78 is 29.2. The molecule has 0 unspecified atom stereocenters. The monoisotopic (exact) mass is 387 g/mol. The van der Waals surface area contributed by atoms with E-state index in [2.05, 4.69) is 20.7 Å². The van der Waals surface area contributed by atoms with Gasteiger partial charge in [0.15, 0.2) is 0 Å². The number of rotatable bonds is 7. The van der Waals surface area contributed by atoms with Crippen LogP contribution in [0.2, 0.25) is 0 Å². The van der Waals surface area contributed by atoms with Gasteiger partial charge in [-0.05, 0) is 49.2 Å². The standard InChI is InChI=1S/C20H19F2N3O3/c21-19(22)28-17-4-2-1-3-13(17)5-12-18(26)23-14-6-8-15(9-7-14)24-20(27)25-16-10-11-16/h1-9,12,16,19H,10-11H2,(H,23,26)(H2,24,25,27)/b12-5+. The van der Waals surface area contributed by atoms with E-state index in [9.17, 15) is 18.4 Å². The number of urea groups is 1. The molecule has 3 rings (SSSR count). The first kappa shape index (κ1) is 19.3. The molecule has 0 aliphatic heterocycles. The number of anilines is 2. The number of alkyl halides is 2. The first-order chi connectivity index (χ1) is 13.5. The van der Waals surface area contributed by atoms with Crippen LogP contribution < -0.4 is 20.7 Å². The average Bonchev–Trinajstić information content (AvgIpc) is 3.46. The molecule has 2 aromatic carbocycles. The van der Waals surface area contributed by atoms with Crippen molar-refractivity contribution in [3.05, 3.63) is 60.2 Å². The summed E-state index contributed by atoms with van der Waals surface area (Å²) in [4.78, 5) is 23.7. The lowest BCUT2D eigenvalue weighted by Gasteiger charge is -2.08. The minimum atomic E-state index is -2.94. The Morgan fingerprint density at radius 2 is 1.64 bits per heavy atom. The van der Waals surface area contributed by atoms with Crippen LogP contribution >= 0.6 is 0 Å². The van der Waals surface area contributed by atoms with Gasteiger partial charge in [0.1, 0.15) is 5.75 Å². The fourth-order valence-electron chi connectivity index (χ4n) is 2.39. The third-order valence-corrected chi connectivity index (χ3v) is 3.87. The third-order valence-electron chi connectivity index (χ3n) is 3.87. The van der Waals surface area contributed by atoms with Crippen LogP contribution in [0.4, 0.5) is 25.0 Å². The lowest BCUT2D eigenvalue weighted by Crippen LogP contribution is -2.30. The Kier molecular flexibility index (Phi) is 6.21. The van der Waals surface area contributed by atoms with Gasteiger partial charge in [-0.3, -0.25) is 4.79 Å². The molecule has 1 aliphatic rings. The van der Waals surface area contributed by atoms with Crippen molar-refractivity contribution in [1.29, 1.82) is 0 Å². The molecule has 146 valence electrons. The Labute approximate surface area is 160 Å². The fraction of sp³-hybridized carbons (Fsp3) is 0.200. The molecule has 1 fully saturated rings. The largest absolute Gasteiger partial charge is 0.434 e. The predicted octanol–water partition coefficient (Wildman–Crippen LogP) is 4.22. The fourth-order valence-corrected chi connectivity index (χ4v) is 2.39. The number of carbonyl (C=O) groups excluding carboxylic acids is 2. The van der Waals surface area contributed by atoms with Crippen molar-refractivity contribution >= 4 is 29.4 Å². The van der Waals surface area contributed by atoms with E-state index >= 15 is 0 Å². The second-order valence-electron chi connectivity index (χ2n) is 6.19. The van der Waals surface area contributed by atoms with Gasteiger partial charge in [-0.25, -0.2) is 4.79 Å². The van der Waals surface area contributed by atoms with Crippen LogP contribution in [-0.4, -0.2) is 24.6 Å². The van der Waals surface area contributed by atoms with E-state index in [4.69, 9.17) is 0 Å². The summed E-state index contributed by atoms with van der Waals surface area (Å²) >= 11 is 0. The number of amides is 3. The molecule has 1 saturated carbocycles. The number of carbonyl (C=O) groups is 2. The van der Waals surface area contributed by atoms with Gasteiger partial charge in [-0.15, -0.1) is 0 Å². The van der Waals surface area contributed by atoms with Crippen molar-refractivity contribution in [2.24, 2.45) is 0 Å². The lowest BCUT2D eigenvalue weighted by atomic mass is 10.2. The highest BCUT2D eigenvalue weighted by Crippen LogP contribution is 2.22. The predicted molar refractivity (Wildman–Crippen MR) is 102 cm³/mol. The van der Waals surface area contributed by atoms with Crippen molar-refractivity contribution in [2.45, 2.75) is 25.5 Å². The summed E-state index contributed by atoms with van der Waals surface area (Å²) in [6.07, 6.45) is 4.63. The first-order valence-electron chi connectivity index (χ1n) is 8.70. The summed E-state index contributed by atoms with van der Waals surface area (Å²) in [6, 6.07) is 12.8. The van der Waals surface area contributed by atoms with Gasteiger partial charge in [0.2, 0.25) is 5.91 Å². The molecule has 8 heteroatoms. The molecular weight excluding hydrogens is 368 g/mol. The summed E-state index contributed by atoms with van der Waals surface area (Å²) in [5.74, 6) is -0.444. The minimum Gasteiger partial charge on any atom is -0.434 e. The normalized spacial score (nSPS) is 13.4. The van der Waals surface area contributed by atoms with E-state index in [0.29, 0.717) is 16.9 Å². The molecule has 6 nitrogen and oxygen atoms in total. The number of benzene rings is 2. The summed E-state index contributed by atoms with van der Waals surface area (Å²) in [6.45, 7) is -2.94. The maximum absolute atomic E-state index is 12.4. The number of halogens is 2. The molecule has 2 aromatic rings. The topological polar surface area (TPSA) is 79.5 Å². The molecule has 0 radical (unpaired) electrons. The lowest BCUT2D eigenvalue weighted by molar-refractivity contribution is -0.111. The van der Waals surface area contributed by atoms with Crippen LogP contribution in [0.15, 0.2) is 54.6 Å². The Morgan fingerprint density at radius 3 is 2.29 bits per heavy atom. The van der Waals surface area contributed by atoms with E-state index in [1.54, 1.807) is 42.5 Å². The molecule has 0 heterocycles. The molecule has 3 amide bonds. The van der Waals surface area contributed by atoms with Gasteiger partial charge in [0, 0.05) is 29.1 Å². The zero-order chi connectivity index (χ0) is 19.9. The van der Waals surface area contributed by atoms with Gasteiger partial charge in [-0.2, -0.15) is 8.78 Å². The van der Waals surface area contributed by atoms with Crippen LogP contribution in [0.25, 0.3) is 6.08 Å². The van der Waals surface area contributed by atoms with Crippen LogP contribution in [0, 0.1) is 0 Å². The van der Waals surface area contributed by atoms with Crippen molar-refractivity contribution in [3.8, 4) is 5.75 Å². The number of ether oxygens (including phenoxy) is 1. The summed E-state index contributed by atoms with van der Waals surface area (Å²) in [5, 5.41) is 8.17.